The largest absolute Gasteiger partial charge is 0.497 e. The number of amides is 2. The Labute approximate surface area is 199 Å². The molecule has 174 valence electrons. The van der Waals surface area contributed by atoms with Crippen LogP contribution in [0.3, 0.4) is 0 Å². The monoisotopic (exact) mass is 456 g/mol. The number of hydrogen-bond donors (Lipinski definition) is 0. The minimum atomic E-state index is -0.157. The van der Waals surface area contributed by atoms with Crippen LogP contribution in [0.25, 0.3) is 16.9 Å². The van der Waals surface area contributed by atoms with Crippen molar-refractivity contribution in [2.45, 2.75) is 6.61 Å². The fourth-order valence-electron chi connectivity index (χ4n) is 3.52. The lowest BCUT2D eigenvalue weighted by Gasteiger charge is -2.19. The first-order valence-electron chi connectivity index (χ1n) is 10.9. The van der Waals surface area contributed by atoms with E-state index < -0.39 is 0 Å². The maximum absolute atomic E-state index is 12.5. The molecule has 0 bridgehead atoms. The van der Waals surface area contributed by atoms with Crippen LogP contribution in [0.15, 0.2) is 84.9 Å². The van der Waals surface area contributed by atoms with Crippen LogP contribution in [0, 0.1) is 0 Å². The van der Waals surface area contributed by atoms with Crippen LogP contribution in [0.1, 0.15) is 5.56 Å². The van der Waals surface area contributed by atoms with Gasteiger partial charge in [-0.3, -0.25) is 4.90 Å². The van der Waals surface area contributed by atoms with Crippen molar-refractivity contribution < 1.29 is 14.3 Å². The molecular weight excluding hydrogens is 428 g/mol. The molecule has 0 atom stereocenters. The van der Waals surface area contributed by atoms with Crippen LogP contribution in [-0.2, 0) is 6.61 Å². The highest BCUT2D eigenvalue weighted by Gasteiger charge is 2.19. The van der Waals surface area contributed by atoms with Gasteiger partial charge in [-0.2, -0.15) is 0 Å². The van der Waals surface area contributed by atoms with E-state index in [1.807, 2.05) is 89.6 Å². The summed E-state index contributed by atoms with van der Waals surface area (Å²) in [5.41, 5.74) is 3.78. The van der Waals surface area contributed by atoms with Crippen LogP contribution in [0.2, 0.25) is 0 Å². The Morgan fingerprint density at radius 3 is 2.15 bits per heavy atom. The number of ether oxygens (including phenoxy) is 2. The zero-order chi connectivity index (χ0) is 24.1. The molecule has 0 saturated carbocycles. The molecule has 1 aromatic heterocycles. The van der Waals surface area contributed by atoms with Gasteiger partial charge in [0.15, 0.2) is 5.82 Å². The number of anilines is 1. The Hall–Kier alpha value is -4.26. The Morgan fingerprint density at radius 1 is 0.882 bits per heavy atom. The molecule has 2 amide bonds. The SMILES string of the molecule is COc1ccc(-n2nc(N(C)C(=O)N(C)C)cc2-c2ccc(OCc3ccccc3)cc2)cc1. The minimum Gasteiger partial charge on any atom is -0.497 e. The van der Waals surface area contributed by atoms with Gasteiger partial charge in [-0.25, -0.2) is 9.48 Å². The Bertz CT molecular complexity index is 1230. The second-order valence-corrected chi connectivity index (χ2v) is 8.03. The fourth-order valence-corrected chi connectivity index (χ4v) is 3.52. The van der Waals surface area contributed by atoms with Gasteiger partial charge < -0.3 is 14.4 Å². The van der Waals surface area contributed by atoms with Gasteiger partial charge in [-0.05, 0) is 54.1 Å². The summed E-state index contributed by atoms with van der Waals surface area (Å²) in [5, 5.41) is 4.74. The van der Waals surface area contributed by atoms with Gasteiger partial charge in [0.2, 0.25) is 0 Å². The third-order valence-corrected chi connectivity index (χ3v) is 5.43. The lowest BCUT2D eigenvalue weighted by Crippen LogP contribution is -2.36. The highest BCUT2D eigenvalue weighted by Crippen LogP contribution is 2.30. The number of nitrogens with zero attached hydrogens (tertiary/aromatic N) is 4. The summed E-state index contributed by atoms with van der Waals surface area (Å²) >= 11 is 0. The van der Waals surface area contributed by atoms with Crippen molar-refractivity contribution in [1.82, 2.24) is 14.7 Å². The molecule has 0 spiro atoms. The topological polar surface area (TPSA) is 59.8 Å². The highest BCUT2D eigenvalue weighted by atomic mass is 16.5. The lowest BCUT2D eigenvalue weighted by molar-refractivity contribution is 0.225. The van der Waals surface area contributed by atoms with Crippen molar-refractivity contribution >= 4 is 11.8 Å². The Kier molecular flexibility index (Phi) is 6.82. The fraction of sp³-hybridized carbons (Fsp3) is 0.185. The van der Waals surface area contributed by atoms with Crippen molar-refractivity contribution in [3.63, 3.8) is 0 Å². The first kappa shape index (κ1) is 22.9. The van der Waals surface area contributed by atoms with E-state index in [2.05, 4.69) is 0 Å². The molecule has 0 aliphatic rings. The van der Waals surface area contributed by atoms with E-state index in [1.165, 1.54) is 9.80 Å². The molecule has 0 aliphatic heterocycles. The molecule has 4 aromatic rings. The zero-order valence-electron chi connectivity index (χ0n) is 19.8. The predicted octanol–water partition coefficient (Wildman–Crippen LogP) is 5.24. The number of aromatic nitrogens is 2. The third-order valence-electron chi connectivity index (χ3n) is 5.43. The molecular formula is C27H28N4O3. The average Bonchev–Trinajstić information content (AvgIpc) is 3.33. The quantitative estimate of drug-likeness (QED) is 0.381. The van der Waals surface area contributed by atoms with E-state index in [4.69, 9.17) is 14.6 Å². The van der Waals surface area contributed by atoms with Crippen LogP contribution >= 0.6 is 0 Å². The van der Waals surface area contributed by atoms with E-state index >= 15 is 0 Å². The number of carbonyl (C=O) groups excluding carboxylic acids is 1. The molecule has 7 nitrogen and oxygen atoms in total. The first-order chi connectivity index (χ1) is 16.5. The summed E-state index contributed by atoms with van der Waals surface area (Å²) in [6.07, 6.45) is 0. The zero-order valence-corrected chi connectivity index (χ0v) is 19.8. The number of carbonyl (C=O) groups is 1. The second kappa shape index (κ2) is 10.1. The lowest BCUT2D eigenvalue weighted by atomic mass is 10.1. The van der Waals surface area contributed by atoms with Crippen molar-refractivity contribution in [2.75, 3.05) is 33.2 Å². The highest BCUT2D eigenvalue weighted by molar-refractivity contribution is 5.90. The van der Waals surface area contributed by atoms with Crippen molar-refractivity contribution in [1.29, 1.82) is 0 Å². The summed E-state index contributed by atoms with van der Waals surface area (Å²) in [6, 6.07) is 27.3. The summed E-state index contributed by atoms with van der Waals surface area (Å²) < 4.78 is 13.0. The van der Waals surface area contributed by atoms with E-state index in [1.54, 1.807) is 28.3 Å². The van der Waals surface area contributed by atoms with Crippen molar-refractivity contribution in [3.05, 3.63) is 90.5 Å². The van der Waals surface area contributed by atoms with Crippen LogP contribution < -0.4 is 14.4 Å². The minimum absolute atomic E-state index is 0.157. The molecule has 1 heterocycles. The maximum atomic E-state index is 12.5. The van der Waals surface area contributed by atoms with E-state index in [9.17, 15) is 4.79 Å². The number of hydrogen-bond acceptors (Lipinski definition) is 4. The molecule has 34 heavy (non-hydrogen) atoms. The summed E-state index contributed by atoms with van der Waals surface area (Å²) in [4.78, 5) is 15.6. The van der Waals surface area contributed by atoms with E-state index in [0.717, 1.165) is 34.0 Å². The van der Waals surface area contributed by atoms with Crippen LogP contribution in [0.5, 0.6) is 11.5 Å². The summed E-state index contributed by atoms with van der Waals surface area (Å²) in [7, 11) is 6.78. The number of urea groups is 1. The summed E-state index contributed by atoms with van der Waals surface area (Å²) in [6.45, 7) is 0.506. The first-order valence-corrected chi connectivity index (χ1v) is 10.9. The molecule has 0 aliphatic carbocycles. The van der Waals surface area contributed by atoms with Gasteiger partial charge in [-0.15, -0.1) is 5.10 Å². The second-order valence-electron chi connectivity index (χ2n) is 8.03. The number of methoxy groups -OCH3 is 1. The molecule has 7 heteroatoms. The van der Waals surface area contributed by atoms with Gasteiger partial charge in [0.05, 0.1) is 18.5 Å². The molecule has 0 N–H and O–H groups in total. The predicted molar refractivity (Wildman–Crippen MR) is 134 cm³/mol. The van der Waals surface area contributed by atoms with Gasteiger partial charge in [0.1, 0.15) is 18.1 Å². The standard InChI is InChI=1S/C27H28N4O3/c1-29(2)27(32)30(3)26-18-25(31(28-26)22-12-16-23(33-4)17-13-22)21-10-14-24(15-11-21)34-19-20-8-6-5-7-9-20/h5-18H,19H2,1-4H3. The molecule has 3 aromatic carbocycles. The average molecular weight is 457 g/mol. The molecule has 0 saturated heterocycles. The molecule has 4 rings (SSSR count). The number of benzene rings is 3. The van der Waals surface area contributed by atoms with Gasteiger partial charge in [0, 0.05) is 32.8 Å². The van der Waals surface area contributed by atoms with Gasteiger partial charge in [0.25, 0.3) is 0 Å². The molecule has 0 radical (unpaired) electrons. The number of rotatable bonds is 7. The maximum Gasteiger partial charge on any atom is 0.324 e. The van der Waals surface area contributed by atoms with E-state index in [0.29, 0.717) is 12.4 Å². The Morgan fingerprint density at radius 2 is 1.53 bits per heavy atom. The van der Waals surface area contributed by atoms with E-state index in [-0.39, 0.29) is 6.03 Å². The van der Waals surface area contributed by atoms with Crippen LogP contribution in [-0.4, -0.2) is 49.0 Å². The third kappa shape index (κ3) is 5.04. The van der Waals surface area contributed by atoms with Crippen molar-refractivity contribution in [2.24, 2.45) is 0 Å². The molecule has 0 fully saturated rings. The van der Waals surface area contributed by atoms with Gasteiger partial charge in [-0.1, -0.05) is 30.3 Å². The van der Waals surface area contributed by atoms with Crippen molar-refractivity contribution in [3.8, 4) is 28.4 Å². The normalized spacial score (nSPS) is 10.6. The molecule has 0 unspecified atom stereocenters. The van der Waals surface area contributed by atoms with Crippen LogP contribution in [0.4, 0.5) is 10.6 Å². The summed E-state index contributed by atoms with van der Waals surface area (Å²) in [5.74, 6) is 2.09. The Balaban J connectivity index is 1.65. The smallest absolute Gasteiger partial charge is 0.324 e. The van der Waals surface area contributed by atoms with Gasteiger partial charge >= 0.3 is 6.03 Å².